The lowest BCUT2D eigenvalue weighted by molar-refractivity contribution is -0.0158. The first kappa shape index (κ1) is 27.1. The molecular formula is C30H31Cl2N3O5. The summed E-state index contributed by atoms with van der Waals surface area (Å²) in [5.74, 6) is 0.811. The summed E-state index contributed by atoms with van der Waals surface area (Å²) in [6.45, 7) is 2.22. The van der Waals surface area contributed by atoms with Crippen molar-refractivity contribution in [2.24, 2.45) is 0 Å². The molecule has 0 radical (unpaired) electrons. The first-order chi connectivity index (χ1) is 19.3. The fourth-order valence-corrected chi connectivity index (χ4v) is 6.65. The number of urea groups is 1. The Morgan fingerprint density at radius 2 is 1.77 bits per heavy atom. The van der Waals surface area contributed by atoms with Crippen molar-refractivity contribution in [2.45, 2.75) is 76.2 Å². The molecule has 3 aromatic rings. The fraction of sp³-hybridized carbons (Fsp3) is 0.433. The van der Waals surface area contributed by atoms with Crippen LogP contribution in [0.4, 0.5) is 10.5 Å². The standard InChI is InChI=1S/C30H31Cl2N3O5/c1-16-12-18(29(36)38-2)8-11-25(16)33-30(37)35-19-9-10-20(35)14-21(13-19)39-15-22-27(34-40-28(22)17-6-7-17)26-23(31)4-3-5-24(26)32/h3-5,8,11-12,17,19-21H,6-7,9-10,13-15H2,1-2H3,(H,33,37)/t19-,20?,21?/m0/s1. The molecule has 3 aliphatic rings. The van der Waals surface area contributed by atoms with Gasteiger partial charge < -0.3 is 24.2 Å². The number of piperidine rings is 1. The number of amides is 2. The summed E-state index contributed by atoms with van der Waals surface area (Å²) in [5.41, 5.74) is 4.16. The quantitative estimate of drug-likeness (QED) is 0.292. The Balaban J connectivity index is 1.13. The lowest BCUT2D eigenvalue weighted by Crippen LogP contribution is -2.50. The van der Waals surface area contributed by atoms with Gasteiger partial charge in [0.15, 0.2) is 0 Å². The molecule has 3 atom stereocenters. The highest BCUT2D eigenvalue weighted by atomic mass is 35.5. The van der Waals surface area contributed by atoms with Gasteiger partial charge in [0.2, 0.25) is 0 Å². The molecule has 2 aromatic carbocycles. The minimum absolute atomic E-state index is 0.0131. The predicted molar refractivity (Wildman–Crippen MR) is 152 cm³/mol. The third-order valence-electron chi connectivity index (χ3n) is 8.24. The molecule has 2 amide bonds. The topological polar surface area (TPSA) is 93.9 Å². The largest absolute Gasteiger partial charge is 0.465 e. The summed E-state index contributed by atoms with van der Waals surface area (Å²) in [6, 6.07) is 10.6. The zero-order chi connectivity index (χ0) is 28.0. The Morgan fingerprint density at radius 1 is 1.07 bits per heavy atom. The Labute approximate surface area is 242 Å². The van der Waals surface area contributed by atoms with Gasteiger partial charge in [-0.15, -0.1) is 0 Å². The van der Waals surface area contributed by atoms with E-state index in [0.717, 1.165) is 55.4 Å². The highest BCUT2D eigenvalue weighted by Gasteiger charge is 2.44. The average molecular weight is 584 g/mol. The molecular weight excluding hydrogens is 553 g/mol. The SMILES string of the molecule is COC(=O)c1ccc(NC(=O)N2C3CC[C@H]2CC(OCc2c(-c4c(Cl)cccc4Cl)noc2C2CC2)C3)c(C)c1. The van der Waals surface area contributed by atoms with E-state index < -0.39 is 5.97 Å². The molecule has 6 rings (SSSR count). The third-order valence-corrected chi connectivity index (χ3v) is 8.87. The second-order valence-electron chi connectivity index (χ2n) is 10.9. The monoisotopic (exact) mass is 583 g/mol. The molecule has 0 spiro atoms. The van der Waals surface area contributed by atoms with Crippen molar-refractivity contribution in [1.82, 2.24) is 10.1 Å². The third kappa shape index (κ3) is 5.20. The van der Waals surface area contributed by atoms with E-state index in [4.69, 9.17) is 37.2 Å². The maximum Gasteiger partial charge on any atom is 0.337 e. The van der Waals surface area contributed by atoms with E-state index >= 15 is 0 Å². The number of aryl methyl sites for hydroxylation is 1. The van der Waals surface area contributed by atoms with Crippen LogP contribution in [0.3, 0.4) is 0 Å². The van der Waals surface area contributed by atoms with Crippen LogP contribution < -0.4 is 5.32 Å². The number of nitrogens with one attached hydrogen (secondary N) is 1. The van der Waals surface area contributed by atoms with E-state index in [1.165, 1.54) is 7.11 Å². The van der Waals surface area contributed by atoms with Crippen LogP contribution in [0, 0.1) is 6.92 Å². The summed E-state index contributed by atoms with van der Waals surface area (Å²) in [7, 11) is 1.35. The summed E-state index contributed by atoms with van der Waals surface area (Å²) in [4.78, 5) is 27.1. The second kappa shape index (κ2) is 11.1. The maximum absolute atomic E-state index is 13.3. The molecule has 2 unspecified atom stereocenters. The van der Waals surface area contributed by atoms with Crippen LogP contribution >= 0.6 is 23.2 Å². The molecule has 40 heavy (non-hydrogen) atoms. The Hall–Kier alpha value is -3.07. The Bertz CT molecular complexity index is 1420. The first-order valence-electron chi connectivity index (χ1n) is 13.7. The van der Waals surface area contributed by atoms with Crippen LogP contribution in [-0.2, 0) is 16.1 Å². The summed E-state index contributed by atoms with van der Waals surface area (Å²) >= 11 is 13.0. The zero-order valence-corrected chi connectivity index (χ0v) is 23.9. The van der Waals surface area contributed by atoms with Gasteiger partial charge in [-0.3, -0.25) is 0 Å². The van der Waals surface area contributed by atoms with Gasteiger partial charge in [-0.05, 0) is 81.3 Å². The van der Waals surface area contributed by atoms with Crippen molar-refractivity contribution in [2.75, 3.05) is 12.4 Å². The number of fused-ring (bicyclic) bond motifs is 2. The van der Waals surface area contributed by atoms with Crippen molar-refractivity contribution in [3.8, 4) is 11.3 Å². The molecule has 3 fully saturated rings. The summed E-state index contributed by atoms with van der Waals surface area (Å²) < 4.78 is 17.1. The smallest absolute Gasteiger partial charge is 0.337 e. The van der Waals surface area contributed by atoms with E-state index in [9.17, 15) is 9.59 Å². The van der Waals surface area contributed by atoms with Gasteiger partial charge >= 0.3 is 12.0 Å². The van der Waals surface area contributed by atoms with Crippen LogP contribution in [0.5, 0.6) is 0 Å². The van der Waals surface area contributed by atoms with Crippen molar-refractivity contribution in [3.05, 3.63) is 68.9 Å². The number of hydrogen-bond acceptors (Lipinski definition) is 6. The van der Waals surface area contributed by atoms with Gasteiger partial charge in [-0.25, -0.2) is 9.59 Å². The second-order valence-corrected chi connectivity index (χ2v) is 11.7. The number of carbonyl (C=O) groups is 2. The van der Waals surface area contributed by atoms with E-state index in [0.29, 0.717) is 45.1 Å². The van der Waals surface area contributed by atoms with Crippen LogP contribution in [-0.4, -0.2) is 47.4 Å². The number of anilines is 1. The number of esters is 1. The number of halogens is 2. The molecule has 1 aliphatic carbocycles. The Kier molecular flexibility index (Phi) is 7.50. The van der Waals surface area contributed by atoms with Gasteiger partial charge in [0.25, 0.3) is 0 Å². The first-order valence-corrected chi connectivity index (χ1v) is 14.4. The minimum atomic E-state index is -0.404. The van der Waals surface area contributed by atoms with Gasteiger partial charge in [-0.2, -0.15) is 0 Å². The number of hydrogen-bond donors (Lipinski definition) is 1. The van der Waals surface area contributed by atoms with Gasteiger partial charge in [-0.1, -0.05) is 34.4 Å². The maximum atomic E-state index is 13.3. The molecule has 10 heteroatoms. The molecule has 1 aromatic heterocycles. The van der Waals surface area contributed by atoms with Gasteiger partial charge in [0.05, 0.1) is 35.4 Å². The zero-order valence-electron chi connectivity index (χ0n) is 22.4. The van der Waals surface area contributed by atoms with E-state index in [1.807, 2.05) is 17.9 Å². The van der Waals surface area contributed by atoms with Crippen molar-refractivity contribution in [1.29, 1.82) is 0 Å². The van der Waals surface area contributed by atoms with Crippen LogP contribution in [0.15, 0.2) is 40.9 Å². The number of benzene rings is 2. The average Bonchev–Trinajstić information content (AvgIpc) is 3.64. The van der Waals surface area contributed by atoms with Gasteiger partial charge in [0, 0.05) is 34.8 Å². The molecule has 2 aliphatic heterocycles. The summed E-state index contributed by atoms with van der Waals surface area (Å²) in [6.07, 6.45) is 5.56. The number of methoxy groups -OCH3 is 1. The van der Waals surface area contributed by atoms with Crippen LogP contribution in [0.2, 0.25) is 10.0 Å². The minimum Gasteiger partial charge on any atom is -0.465 e. The van der Waals surface area contributed by atoms with Crippen molar-refractivity contribution >= 4 is 40.9 Å². The van der Waals surface area contributed by atoms with E-state index in [1.54, 1.807) is 30.3 Å². The number of ether oxygens (including phenoxy) is 2. The van der Waals surface area contributed by atoms with E-state index in [-0.39, 0.29) is 24.2 Å². The highest BCUT2D eigenvalue weighted by molar-refractivity contribution is 6.39. The number of rotatable bonds is 7. The molecule has 210 valence electrons. The normalized spacial score (nSPS) is 21.9. The Morgan fingerprint density at radius 3 is 2.40 bits per heavy atom. The lowest BCUT2D eigenvalue weighted by Gasteiger charge is -2.38. The predicted octanol–water partition coefficient (Wildman–Crippen LogP) is 7.36. The number of aromatic nitrogens is 1. The van der Waals surface area contributed by atoms with Crippen LogP contribution in [0.25, 0.3) is 11.3 Å². The van der Waals surface area contributed by atoms with Crippen LogP contribution in [0.1, 0.15) is 71.7 Å². The molecule has 2 saturated heterocycles. The van der Waals surface area contributed by atoms with Crippen molar-refractivity contribution in [3.63, 3.8) is 0 Å². The lowest BCUT2D eigenvalue weighted by atomic mass is 9.99. The molecule has 8 nitrogen and oxygen atoms in total. The summed E-state index contributed by atoms with van der Waals surface area (Å²) in [5, 5.41) is 8.46. The molecule has 3 heterocycles. The van der Waals surface area contributed by atoms with Gasteiger partial charge in [0.1, 0.15) is 11.5 Å². The molecule has 2 bridgehead atoms. The fourth-order valence-electron chi connectivity index (χ4n) is 6.07. The number of carbonyl (C=O) groups excluding carboxylic acids is 2. The van der Waals surface area contributed by atoms with Crippen molar-refractivity contribution < 1.29 is 23.6 Å². The van der Waals surface area contributed by atoms with E-state index in [2.05, 4.69) is 10.5 Å². The highest BCUT2D eigenvalue weighted by Crippen LogP contribution is 2.46. The molecule has 1 saturated carbocycles. The number of nitrogens with zero attached hydrogens (tertiary/aromatic N) is 2. The molecule has 1 N–H and O–H groups in total.